The summed E-state index contributed by atoms with van der Waals surface area (Å²) in [5.74, 6) is 0. The fourth-order valence-electron chi connectivity index (χ4n) is 0.724. The van der Waals surface area contributed by atoms with E-state index >= 15 is 0 Å². The number of amidine groups is 1. The molecule has 0 unspecified atom stereocenters. The van der Waals surface area contributed by atoms with Gasteiger partial charge in [0.2, 0.25) is 5.17 Å². The maximum absolute atomic E-state index is 12.3. The molecule has 0 rings (SSSR count). The van der Waals surface area contributed by atoms with Gasteiger partial charge in [-0.25, -0.2) is 18.0 Å². The van der Waals surface area contributed by atoms with Crippen molar-refractivity contribution in [2.75, 3.05) is 0 Å². The van der Waals surface area contributed by atoms with Gasteiger partial charge in [0.1, 0.15) is 5.60 Å². The number of hydrogen-bond acceptors (Lipinski definition) is 5. The Bertz CT molecular complexity index is 531. The predicted octanol–water partition coefficient (Wildman–Crippen LogP) is 1.48. The number of halogens is 3. The van der Waals surface area contributed by atoms with Gasteiger partial charge in [-0.1, -0.05) is 0 Å². The number of rotatable bonds is 0. The number of amides is 2. The largest absolute Gasteiger partial charge is 0.504 e. The van der Waals surface area contributed by atoms with Gasteiger partial charge in [0.15, 0.2) is 0 Å². The molecule has 0 aliphatic rings. The van der Waals surface area contributed by atoms with Gasteiger partial charge in [0, 0.05) is 0 Å². The Kier molecular flexibility index (Phi) is 5.12. The van der Waals surface area contributed by atoms with Crippen molar-refractivity contribution in [3.05, 3.63) is 0 Å². The highest BCUT2D eigenvalue weighted by molar-refractivity contribution is 8.07. The molecular weight excluding hydrogens is 309 g/mol. The van der Waals surface area contributed by atoms with E-state index in [0.717, 1.165) is 5.32 Å². The third-order valence-electron chi connectivity index (χ3n) is 1.36. The van der Waals surface area contributed by atoms with Gasteiger partial charge < -0.3 is 9.84 Å². The van der Waals surface area contributed by atoms with E-state index in [-0.39, 0.29) is 0 Å². The van der Waals surface area contributed by atoms with Crippen molar-refractivity contribution in [3.8, 4) is 0 Å². The topological polar surface area (TPSA) is 122 Å². The third-order valence-corrected chi connectivity index (χ3v) is 2.67. The van der Waals surface area contributed by atoms with Crippen LogP contribution in [-0.2, 0) is 14.6 Å². The molecular formula is C8H11F3N2O6S. The van der Waals surface area contributed by atoms with Crippen molar-refractivity contribution in [3.63, 3.8) is 0 Å². The fourth-order valence-corrected chi connectivity index (χ4v) is 1.36. The zero-order valence-corrected chi connectivity index (χ0v) is 11.3. The molecule has 8 nitrogen and oxygen atoms in total. The lowest BCUT2D eigenvalue weighted by Crippen LogP contribution is -2.42. The number of aliphatic imine (C=N–C) groups is 1. The van der Waals surface area contributed by atoms with Crippen molar-refractivity contribution >= 4 is 27.2 Å². The number of sulfone groups is 1. The Labute approximate surface area is 111 Å². The quantitative estimate of drug-likeness (QED) is 0.515. The standard InChI is InChI=1S/C8H11F3N2O6S/c1-7(2,3)19-6(16)13-4(12-5(14)15)20(17,18)8(9,10)11/h1-3H3,(H,14,15)(H,12,13,16). The Balaban J connectivity index is 5.61. The summed E-state index contributed by atoms with van der Waals surface area (Å²) in [5, 5.41) is 7.11. The van der Waals surface area contributed by atoms with E-state index in [0.29, 0.717) is 0 Å². The average Bonchev–Trinajstić information content (AvgIpc) is 2.10. The fraction of sp³-hybridized carbons (Fsp3) is 0.625. The summed E-state index contributed by atoms with van der Waals surface area (Å²) in [4.78, 5) is 23.9. The molecule has 0 aliphatic carbocycles. The first kappa shape index (κ1) is 18.1. The first-order valence-electron chi connectivity index (χ1n) is 4.80. The van der Waals surface area contributed by atoms with Crippen molar-refractivity contribution in [1.29, 1.82) is 0 Å². The summed E-state index contributed by atoms with van der Waals surface area (Å²) < 4.78 is 63.3. The molecule has 12 heteroatoms. The summed E-state index contributed by atoms with van der Waals surface area (Å²) in [5.41, 5.74) is -6.98. The number of ether oxygens (including phenoxy) is 1. The lowest BCUT2D eigenvalue weighted by Gasteiger charge is -2.17. The SMILES string of the molecule is CC(C)(C)OC(=O)/N=C(/NC(=O)O)S(=O)(=O)C(F)(F)F. The Morgan fingerprint density at radius 3 is 1.95 bits per heavy atom. The molecule has 0 aromatic heterocycles. The molecule has 0 atom stereocenters. The summed E-state index contributed by atoms with van der Waals surface area (Å²) in [6, 6.07) is 0. The van der Waals surface area contributed by atoms with E-state index in [9.17, 15) is 31.2 Å². The van der Waals surface area contributed by atoms with Crippen LogP contribution in [0.2, 0.25) is 0 Å². The number of nitrogens with zero attached hydrogens (tertiary/aromatic N) is 1. The van der Waals surface area contributed by atoms with E-state index in [1.54, 1.807) is 0 Å². The smallest absolute Gasteiger partial charge is 0.465 e. The van der Waals surface area contributed by atoms with Crippen molar-refractivity contribution in [2.24, 2.45) is 4.99 Å². The van der Waals surface area contributed by atoms with Crippen LogP contribution in [0.3, 0.4) is 0 Å². The minimum absolute atomic E-state index is 0.901. The van der Waals surface area contributed by atoms with Crippen molar-refractivity contribution in [2.45, 2.75) is 31.9 Å². The molecule has 0 heterocycles. The molecule has 0 aliphatic heterocycles. The van der Waals surface area contributed by atoms with Gasteiger partial charge in [-0.05, 0) is 20.8 Å². The van der Waals surface area contributed by atoms with Gasteiger partial charge in [-0.2, -0.15) is 13.2 Å². The summed E-state index contributed by atoms with van der Waals surface area (Å²) in [6.07, 6.45) is -3.82. The number of carbonyl (C=O) groups excluding carboxylic acids is 1. The van der Waals surface area contributed by atoms with E-state index < -0.39 is 38.3 Å². The monoisotopic (exact) mass is 320 g/mol. The molecule has 0 radical (unpaired) electrons. The highest BCUT2D eigenvalue weighted by Gasteiger charge is 2.50. The van der Waals surface area contributed by atoms with E-state index in [1.807, 2.05) is 0 Å². The predicted molar refractivity (Wildman–Crippen MR) is 59.8 cm³/mol. The van der Waals surface area contributed by atoms with Crippen LogP contribution < -0.4 is 5.32 Å². The third kappa shape index (κ3) is 5.42. The molecule has 0 saturated heterocycles. The molecule has 0 aromatic rings. The second-order valence-corrected chi connectivity index (χ2v) is 6.13. The van der Waals surface area contributed by atoms with Crippen LogP contribution >= 0.6 is 0 Å². The van der Waals surface area contributed by atoms with E-state index in [1.165, 1.54) is 20.8 Å². The Morgan fingerprint density at radius 1 is 1.20 bits per heavy atom. The number of alkyl halides is 3. The molecule has 20 heavy (non-hydrogen) atoms. The van der Waals surface area contributed by atoms with Gasteiger partial charge in [0.25, 0.3) is 0 Å². The Hall–Kier alpha value is -1.85. The molecule has 2 N–H and O–H groups in total. The maximum Gasteiger partial charge on any atom is 0.504 e. The summed E-state index contributed by atoms with van der Waals surface area (Å²) >= 11 is 0. The normalized spacial score (nSPS) is 13.8. The van der Waals surface area contributed by atoms with Crippen molar-refractivity contribution < 1.29 is 41.0 Å². The van der Waals surface area contributed by atoms with Crippen LogP contribution in [0.1, 0.15) is 20.8 Å². The Morgan fingerprint density at radius 2 is 1.65 bits per heavy atom. The zero-order chi connectivity index (χ0) is 16.4. The zero-order valence-electron chi connectivity index (χ0n) is 10.5. The van der Waals surface area contributed by atoms with Gasteiger partial charge in [0.05, 0.1) is 0 Å². The van der Waals surface area contributed by atoms with Gasteiger partial charge in [-0.3, -0.25) is 5.32 Å². The number of nitrogens with one attached hydrogen (secondary N) is 1. The van der Waals surface area contributed by atoms with Crippen LogP contribution in [0.15, 0.2) is 4.99 Å². The van der Waals surface area contributed by atoms with Gasteiger partial charge >= 0.3 is 27.5 Å². The number of carbonyl (C=O) groups is 2. The molecule has 116 valence electrons. The second-order valence-electron chi connectivity index (χ2n) is 4.28. The van der Waals surface area contributed by atoms with Crippen LogP contribution in [0.25, 0.3) is 0 Å². The lowest BCUT2D eigenvalue weighted by molar-refractivity contribution is -0.0417. The summed E-state index contributed by atoms with van der Waals surface area (Å²) in [6.45, 7) is 4.05. The first-order chi connectivity index (χ1) is 8.67. The van der Waals surface area contributed by atoms with Gasteiger partial charge in [-0.15, -0.1) is 4.99 Å². The van der Waals surface area contributed by atoms with Crippen LogP contribution in [0, 0.1) is 0 Å². The molecule has 0 spiro atoms. The lowest BCUT2D eigenvalue weighted by atomic mass is 10.2. The molecule has 0 fully saturated rings. The van der Waals surface area contributed by atoms with Crippen LogP contribution in [0.4, 0.5) is 22.8 Å². The van der Waals surface area contributed by atoms with E-state index in [4.69, 9.17) is 5.11 Å². The molecule has 0 bridgehead atoms. The molecule has 0 saturated carbocycles. The van der Waals surface area contributed by atoms with Crippen LogP contribution in [0.5, 0.6) is 0 Å². The van der Waals surface area contributed by atoms with Crippen molar-refractivity contribution in [1.82, 2.24) is 5.32 Å². The highest BCUT2D eigenvalue weighted by atomic mass is 32.2. The highest BCUT2D eigenvalue weighted by Crippen LogP contribution is 2.24. The summed E-state index contributed by atoms with van der Waals surface area (Å²) in [7, 11) is -6.13. The number of carboxylic acid groups (broad SMARTS) is 1. The molecule has 0 aromatic carbocycles. The first-order valence-corrected chi connectivity index (χ1v) is 6.28. The minimum atomic E-state index is -6.13. The van der Waals surface area contributed by atoms with Crippen LogP contribution in [-0.4, -0.2) is 42.0 Å². The van der Waals surface area contributed by atoms with E-state index in [2.05, 4.69) is 9.73 Å². The molecule has 2 amide bonds. The minimum Gasteiger partial charge on any atom is -0.465 e. The second kappa shape index (κ2) is 5.64. The number of hydrogen-bond donors (Lipinski definition) is 2. The average molecular weight is 320 g/mol. The maximum atomic E-state index is 12.3.